The van der Waals surface area contributed by atoms with Gasteiger partial charge in [-0.2, -0.15) is 0 Å². The normalized spacial score (nSPS) is 24.5. The molecule has 1 amide bonds. The van der Waals surface area contributed by atoms with Gasteiger partial charge in [-0.15, -0.1) is 24.8 Å². The summed E-state index contributed by atoms with van der Waals surface area (Å²) in [4.78, 5) is 15.2. The number of hydrogen-bond acceptors (Lipinski definition) is 4. The Morgan fingerprint density at radius 3 is 2.50 bits per heavy atom. The molecule has 2 aliphatic heterocycles. The standard InChI is InChI=1S/C21H31N3O2.2ClH/c1-16-2-4-17(5-3-16)19(24-10-12-26-13-11-24)15-23-20(25)18-14-21(18)6-8-22-9-7-21;;/h2-5,18-19,22H,6-15H2,1H3,(H,23,25);2*1H. The van der Waals surface area contributed by atoms with Gasteiger partial charge in [0.25, 0.3) is 0 Å². The van der Waals surface area contributed by atoms with Gasteiger partial charge < -0.3 is 15.4 Å². The summed E-state index contributed by atoms with van der Waals surface area (Å²) >= 11 is 0. The third kappa shape index (κ3) is 5.19. The highest BCUT2D eigenvalue weighted by atomic mass is 35.5. The zero-order chi connectivity index (χ0) is 18.0. The lowest BCUT2D eigenvalue weighted by Gasteiger charge is -2.35. The van der Waals surface area contributed by atoms with E-state index in [4.69, 9.17) is 4.74 Å². The second-order valence-electron chi connectivity index (χ2n) is 8.19. The molecule has 2 saturated heterocycles. The van der Waals surface area contributed by atoms with Gasteiger partial charge in [-0.3, -0.25) is 9.69 Å². The van der Waals surface area contributed by atoms with Crippen molar-refractivity contribution in [3.63, 3.8) is 0 Å². The van der Waals surface area contributed by atoms with E-state index in [-0.39, 0.29) is 42.7 Å². The number of nitrogens with zero attached hydrogens (tertiary/aromatic N) is 1. The molecule has 3 fully saturated rings. The molecule has 2 unspecified atom stereocenters. The molecule has 7 heteroatoms. The molecular formula is C21H33Cl2N3O2. The first-order valence-electron chi connectivity index (χ1n) is 10.0. The summed E-state index contributed by atoms with van der Waals surface area (Å²) in [5.41, 5.74) is 2.85. The van der Waals surface area contributed by atoms with E-state index in [1.165, 1.54) is 11.1 Å². The van der Waals surface area contributed by atoms with Crippen LogP contribution in [-0.4, -0.2) is 56.7 Å². The molecule has 0 aromatic heterocycles. The molecule has 1 spiro atoms. The van der Waals surface area contributed by atoms with Gasteiger partial charge in [0.2, 0.25) is 5.91 Å². The fourth-order valence-electron chi connectivity index (χ4n) is 4.65. The van der Waals surface area contributed by atoms with Crippen LogP contribution in [0, 0.1) is 18.3 Å². The van der Waals surface area contributed by atoms with Gasteiger partial charge in [0.05, 0.1) is 19.3 Å². The van der Waals surface area contributed by atoms with Crippen LogP contribution in [0.4, 0.5) is 0 Å². The number of carbonyl (C=O) groups is 1. The second-order valence-corrected chi connectivity index (χ2v) is 8.19. The van der Waals surface area contributed by atoms with Crippen LogP contribution in [0.1, 0.15) is 36.4 Å². The van der Waals surface area contributed by atoms with Crippen LogP contribution in [-0.2, 0) is 9.53 Å². The van der Waals surface area contributed by atoms with Gasteiger partial charge in [-0.1, -0.05) is 29.8 Å². The molecule has 5 nitrogen and oxygen atoms in total. The SMILES string of the molecule is Cc1ccc(C(CNC(=O)C2CC23CCNCC3)N2CCOCC2)cc1.Cl.Cl. The Morgan fingerprint density at radius 2 is 1.86 bits per heavy atom. The summed E-state index contributed by atoms with van der Waals surface area (Å²) in [6.07, 6.45) is 3.37. The van der Waals surface area contributed by atoms with Crippen molar-refractivity contribution in [1.29, 1.82) is 0 Å². The number of amides is 1. The summed E-state index contributed by atoms with van der Waals surface area (Å²) in [6, 6.07) is 8.96. The molecule has 2 heterocycles. The van der Waals surface area contributed by atoms with Crippen LogP contribution >= 0.6 is 24.8 Å². The molecule has 1 aromatic carbocycles. The zero-order valence-electron chi connectivity index (χ0n) is 16.6. The predicted octanol–water partition coefficient (Wildman–Crippen LogP) is 2.72. The maximum Gasteiger partial charge on any atom is 0.223 e. The van der Waals surface area contributed by atoms with Gasteiger partial charge >= 0.3 is 0 Å². The fourth-order valence-corrected chi connectivity index (χ4v) is 4.65. The number of benzene rings is 1. The number of morpholine rings is 1. The van der Waals surface area contributed by atoms with E-state index in [2.05, 4.69) is 46.7 Å². The quantitative estimate of drug-likeness (QED) is 0.755. The Balaban J connectivity index is 0.00000140. The molecule has 1 aromatic rings. The summed E-state index contributed by atoms with van der Waals surface area (Å²) in [5, 5.41) is 6.69. The van der Waals surface area contributed by atoms with Crippen LogP contribution < -0.4 is 10.6 Å². The molecule has 1 aliphatic carbocycles. The molecule has 0 radical (unpaired) electrons. The molecule has 3 aliphatic rings. The van der Waals surface area contributed by atoms with Crippen molar-refractivity contribution >= 4 is 30.7 Å². The highest BCUT2D eigenvalue weighted by Gasteiger charge is 2.57. The van der Waals surface area contributed by atoms with Crippen LogP contribution in [0.2, 0.25) is 0 Å². The lowest BCUT2D eigenvalue weighted by Crippen LogP contribution is -2.44. The van der Waals surface area contributed by atoms with E-state index < -0.39 is 0 Å². The first kappa shape index (κ1) is 23.4. The largest absolute Gasteiger partial charge is 0.379 e. The average molecular weight is 430 g/mol. The number of hydrogen-bond donors (Lipinski definition) is 2. The van der Waals surface area contributed by atoms with Crippen LogP contribution in [0.5, 0.6) is 0 Å². The smallest absolute Gasteiger partial charge is 0.223 e. The summed E-state index contributed by atoms with van der Waals surface area (Å²) in [7, 11) is 0. The number of piperidine rings is 1. The Morgan fingerprint density at radius 1 is 1.21 bits per heavy atom. The van der Waals surface area contributed by atoms with Gasteiger partial charge in [-0.25, -0.2) is 0 Å². The monoisotopic (exact) mass is 429 g/mol. The van der Waals surface area contributed by atoms with E-state index >= 15 is 0 Å². The third-order valence-corrected chi connectivity index (χ3v) is 6.52. The average Bonchev–Trinajstić information content (AvgIpc) is 3.37. The first-order chi connectivity index (χ1) is 12.7. The van der Waals surface area contributed by atoms with Crippen LogP contribution in [0.3, 0.4) is 0 Å². The Labute approximate surface area is 180 Å². The predicted molar refractivity (Wildman–Crippen MR) is 116 cm³/mol. The number of rotatable bonds is 5. The van der Waals surface area contributed by atoms with Gasteiger partial charge in [0, 0.05) is 25.6 Å². The van der Waals surface area contributed by atoms with E-state index in [0.717, 1.165) is 58.7 Å². The highest BCUT2D eigenvalue weighted by Crippen LogP contribution is 2.58. The number of carbonyl (C=O) groups excluding carboxylic acids is 1. The minimum absolute atomic E-state index is 0. The van der Waals surface area contributed by atoms with Crippen molar-refractivity contribution in [2.75, 3.05) is 45.9 Å². The summed E-state index contributed by atoms with van der Waals surface area (Å²) in [6.45, 7) is 8.31. The highest BCUT2D eigenvalue weighted by molar-refractivity contribution is 5.85. The van der Waals surface area contributed by atoms with E-state index in [9.17, 15) is 4.79 Å². The third-order valence-electron chi connectivity index (χ3n) is 6.52. The maximum absolute atomic E-state index is 12.8. The van der Waals surface area contributed by atoms with Gasteiger partial charge in [0.15, 0.2) is 0 Å². The number of aryl methyl sites for hydroxylation is 1. The van der Waals surface area contributed by atoms with Gasteiger partial charge in [0.1, 0.15) is 0 Å². The summed E-state index contributed by atoms with van der Waals surface area (Å²) < 4.78 is 5.52. The molecule has 2 N–H and O–H groups in total. The number of nitrogens with one attached hydrogen (secondary N) is 2. The summed E-state index contributed by atoms with van der Waals surface area (Å²) in [5.74, 6) is 0.491. The second kappa shape index (κ2) is 10.3. The minimum atomic E-state index is 0. The van der Waals surface area contributed by atoms with E-state index in [1.807, 2.05) is 0 Å². The molecule has 1 saturated carbocycles. The number of ether oxygens (including phenoxy) is 1. The molecule has 0 bridgehead atoms. The van der Waals surface area contributed by atoms with Crippen molar-refractivity contribution < 1.29 is 9.53 Å². The van der Waals surface area contributed by atoms with Crippen molar-refractivity contribution in [1.82, 2.24) is 15.5 Å². The van der Waals surface area contributed by atoms with Crippen LogP contribution in [0.25, 0.3) is 0 Å². The number of halogens is 2. The van der Waals surface area contributed by atoms with Crippen LogP contribution in [0.15, 0.2) is 24.3 Å². The maximum atomic E-state index is 12.8. The topological polar surface area (TPSA) is 53.6 Å². The Hall–Kier alpha value is -0.850. The van der Waals surface area contributed by atoms with Crippen molar-refractivity contribution in [2.45, 2.75) is 32.2 Å². The van der Waals surface area contributed by atoms with Crippen molar-refractivity contribution in [3.8, 4) is 0 Å². The van der Waals surface area contributed by atoms with Crippen molar-refractivity contribution in [2.24, 2.45) is 11.3 Å². The van der Waals surface area contributed by atoms with Gasteiger partial charge in [-0.05, 0) is 50.3 Å². The Kier molecular flexibility index (Phi) is 8.59. The fraction of sp³-hybridized carbons (Fsp3) is 0.667. The molecule has 2 atom stereocenters. The molecule has 28 heavy (non-hydrogen) atoms. The molecule has 4 rings (SSSR count). The van der Waals surface area contributed by atoms with E-state index in [1.54, 1.807) is 0 Å². The lowest BCUT2D eigenvalue weighted by atomic mass is 9.91. The Bertz CT molecular complexity index is 629. The van der Waals surface area contributed by atoms with E-state index in [0.29, 0.717) is 12.0 Å². The molecular weight excluding hydrogens is 397 g/mol. The molecule has 158 valence electrons. The minimum Gasteiger partial charge on any atom is -0.379 e. The lowest BCUT2D eigenvalue weighted by molar-refractivity contribution is -0.123. The van der Waals surface area contributed by atoms with Crippen molar-refractivity contribution in [3.05, 3.63) is 35.4 Å². The zero-order valence-corrected chi connectivity index (χ0v) is 18.2. The first-order valence-corrected chi connectivity index (χ1v) is 10.0.